The molecule has 0 amide bonds. The Hall–Kier alpha value is -3.46. The molecule has 0 aliphatic rings. The molecule has 3 heterocycles. The van der Waals surface area contributed by atoms with Gasteiger partial charge in [0.05, 0.1) is 23.8 Å². The first-order valence-electron chi connectivity index (χ1n) is 8.81. The van der Waals surface area contributed by atoms with E-state index in [1.165, 1.54) is 13.4 Å². The molecule has 148 valence electrons. The molecule has 0 saturated carbocycles. The van der Waals surface area contributed by atoms with Gasteiger partial charge in [-0.25, -0.2) is 24.7 Å². The molecule has 4 aromatic rings. The van der Waals surface area contributed by atoms with Crippen LogP contribution in [0.5, 0.6) is 5.88 Å². The van der Waals surface area contributed by atoms with Gasteiger partial charge in [-0.05, 0) is 17.5 Å². The molecule has 2 N–H and O–H groups in total. The molecule has 0 spiro atoms. The van der Waals surface area contributed by atoms with Crippen molar-refractivity contribution in [1.82, 2.24) is 24.9 Å². The summed E-state index contributed by atoms with van der Waals surface area (Å²) >= 11 is 6.32. The van der Waals surface area contributed by atoms with Gasteiger partial charge in [0.15, 0.2) is 18.1 Å². The average Bonchev–Trinajstić information content (AvgIpc) is 3.21. The van der Waals surface area contributed by atoms with Gasteiger partial charge in [0.1, 0.15) is 11.8 Å². The Balaban J connectivity index is 1.55. The Morgan fingerprint density at radius 3 is 3.03 bits per heavy atom. The molecule has 3 aromatic heterocycles. The number of anilines is 1. The molecular formula is C19H17ClN6O3. The van der Waals surface area contributed by atoms with Crippen molar-refractivity contribution >= 4 is 45.3 Å². The van der Waals surface area contributed by atoms with Gasteiger partial charge < -0.3 is 19.8 Å². The summed E-state index contributed by atoms with van der Waals surface area (Å²) in [6.45, 7) is 0.318. The summed E-state index contributed by atoms with van der Waals surface area (Å²) in [6.07, 6.45) is 3.63. The van der Waals surface area contributed by atoms with Crippen molar-refractivity contribution in [1.29, 1.82) is 0 Å². The predicted octanol–water partition coefficient (Wildman–Crippen LogP) is 2.76. The molecule has 0 bridgehead atoms. The van der Waals surface area contributed by atoms with Gasteiger partial charge in [-0.2, -0.15) is 0 Å². The molecule has 0 atom stereocenters. The number of benzene rings is 1. The first-order valence-corrected chi connectivity index (χ1v) is 9.19. The van der Waals surface area contributed by atoms with Crippen LogP contribution in [0.2, 0.25) is 5.02 Å². The molecule has 9 nitrogen and oxygen atoms in total. The fourth-order valence-corrected chi connectivity index (χ4v) is 3.17. The number of aromatic nitrogens is 5. The molecule has 4 rings (SSSR count). The second kappa shape index (κ2) is 8.27. The van der Waals surface area contributed by atoms with Crippen molar-refractivity contribution in [2.75, 3.05) is 25.6 Å². The number of imidazole rings is 1. The number of aromatic amines is 1. The third kappa shape index (κ3) is 4.04. The Bertz CT molecular complexity index is 1180. The van der Waals surface area contributed by atoms with Crippen LogP contribution in [-0.4, -0.2) is 51.2 Å². The molecule has 10 heteroatoms. The molecule has 0 unspecified atom stereocenters. The van der Waals surface area contributed by atoms with E-state index in [9.17, 15) is 4.79 Å². The van der Waals surface area contributed by atoms with Crippen LogP contribution in [0.25, 0.3) is 21.9 Å². The van der Waals surface area contributed by atoms with E-state index in [2.05, 4.69) is 35.0 Å². The standard InChI is InChI=1S/C19H17ClN6O3/c1-28-14(27)8-29-19-15-11(3-2-4-13(15)20)7-12(26-19)5-6-21-17-16-18(23-9-22-16)25-10-24-17/h2-4,7,9-10H,5-6,8H2,1H3,(H2,21,22,23,24,25). The van der Waals surface area contributed by atoms with E-state index in [1.807, 2.05) is 18.2 Å². The number of hydrogen-bond donors (Lipinski definition) is 2. The highest BCUT2D eigenvalue weighted by atomic mass is 35.5. The Labute approximate surface area is 170 Å². The van der Waals surface area contributed by atoms with E-state index >= 15 is 0 Å². The first-order chi connectivity index (χ1) is 14.2. The average molecular weight is 413 g/mol. The van der Waals surface area contributed by atoms with E-state index in [0.29, 0.717) is 46.2 Å². The lowest BCUT2D eigenvalue weighted by Gasteiger charge is -2.12. The topological polar surface area (TPSA) is 115 Å². The Kier molecular flexibility index (Phi) is 5.39. The number of ether oxygens (including phenoxy) is 2. The first kappa shape index (κ1) is 18.9. The minimum atomic E-state index is -0.495. The van der Waals surface area contributed by atoms with Crippen LogP contribution in [0.4, 0.5) is 5.82 Å². The molecule has 0 fully saturated rings. The highest BCUT2D eigenvalue weighted by Crippen LogP contribution is 2.31. The van der Waals surface area contributed by atoms with Crippen LogP contribution < -0.4 is 10.1 Å². The van der Waals surface area contributed by atoms with E-state index in [-0.39, 0.29) is 6.61 Å². The van der Waals surface area contributed by atoms with Gasteiger partial charge in [-0.1, -0.05) is 23.7 Å². The molecule has 0 aliphatic carbocycles. The number of halogens is 1. The van der Waals surface area contributed by atoms with Crippen LogP contribution in [0.3, 0.4) is 0 Å². The van der Waals surface area contributed by atoms with Gasteiger partial charge in [-0.3, -0.25) is 0 Å². The summed E-state index contributed by atoms with van der Waals surface area (Å²) in [5.41, 5.74) is 2.12. The third-order valence-corrected chi connectivity index (χ3v) is 4.59. The Morgan fingerprint density at radius 1 is 1.28 bits per heavy atom. The molecule has 1 aromatic carbocycles. The Morgan fingerprint density at radius 2 is 2.17 bits per heavy atom. The maximum absolute atomic E-state index is 11.5. The van der Waals surface area contributed by atoms with Gasteiger partial charge in [0.2, 0.25) is 5.88 Å². The van der Waals surface area contributed by atoms with Crippen molar-refractivity contribution < 1.29 is 14.3 Å². The van der Waals surface area contributed by atoms with E-state index < -0.39 is 5.97 Å². The van der Waals surface area contributed by atoms with Crippen molar-refractivity contribution in [3.05, 3.63) is 47.6 Å². The normalized spacial score (nSPS) is 11.0. The van der Waals surface area contributed by atoms with Gasteiger partial charge in [-0.15, -0.1) is 0 Å². The number of rotatable bonds is 7. The van der Waals surface area contributed by atoms with E-state index in [4.69, 9.17) is 16.3 Å². The fourth-order valence-electron chi connectivity index (χ4n) is 2.91. The van der Waals surface area contributed by atoms with Crippen LogP contribution in [-0.2, 0) is 16.0 Å². The second-order valence-electron chi connectivity index (χ2n) is 6.12. The van der Waals surface area contributed by atoms with Crippen molar-refractivity contribution in [2.24, 2.45) is 0 Å². The van der Waals surface area contributed by atoms with Gasteiger partial charge in [0.25, 0.3) is 0 Å². The number of carbonyl (C=O) groups excluding carboxylic acids is 1. The van der Waals surface area contributed by atoms with Crippen LogP contribution in [0.15, 0.2) is 36.9 Å². The zero-order chi connectivity index (χ0) is 20.2. The molecule has 29 heavy (non-hydrogen) atoms. The maximum Gasteiger partial charge on any atom is 0.343 e. The summed E-state index contributed by atoms with van der Waals surface area (Å²) in [6, 6.07) is 7.47. The minimum absolute atomic E-state index is 0.246. The largest absolute Gasteiger partial charge is 0.466 e. The highest BCUT2D eigenvalue weighted by molar-refractivity contribution is 6.36. The summed E-state index contributed by atoms with van der Waals surface area (Å²) in [7, 11) is 1.30. The van der Waals surface area contributed by atoms with Gasteiger partial charge >= 0.3 is 5.97 Å². The molecule has 0 aliphatic heterocycles. The summed E-state index contributed by atoms with van der Waals surface area (Å²) in [5.74, 6) is 0.443. The number of H-pyrrole nitrogens is 1. The van der Waals surface area contributed by atoms with Gasteiger partial charge in [0, 0.05) is 18.7 Å². The maximum atomic E-state index is 11.5. The summed E-state index contributed by atoms with van der Waals surface area (Å²) in [5, 5.41) is 5.28. The minimum Gasteiger partial charge on any atom is -0.466 e. The lowest BCUT2D eigenvalue weighted by molar-refractivity contribution is -0.142. The number of nitrogens with one attached hydrogen (secondary N) is 2. The summed E-state index contributed by atoms with van der Waals surface area (Å²) in [4.78, 5) is 31.5. The second-order valence-corrected chi connectivity index (χ2v) is 6.53. The van der Waals surface area contributed by atoms with Crippen LogP contribution >= 0.6 is 11.6 Å². The van der Waals surface area contributed by atoms with E-state index in [0.717, 1.165) is 11.1 Å². The fraction of sp³-hybridized carbons (Fsp3) is 0.211. The number of pyridine rings is 1. The highest BCUT2D eigenvalue weighted by Gasteiger charge is 2.13. The smallest absolute Gasteiger partial charge is 0.343 e. The predicted molar refractivity (Wildman–Crippen MR) is 108 cm³/mol. The number of esters is 1. The van der Waals surface area contributed by atoms with Crippen LogP contribution in [0.1, 0.15) is 5.69 Å². The lowest BCUT2D eigenvalue weighted by Crippen LogP contribution is -2.14. The number of carbonyl (C=O) groups is 1. The molecule has 0 radical (unpaired) electrons. The van der Waals surface area contributed by atoms with E-state index in [1.54, 1.807) is 12.4 Å². The number of nitrogens with zero attached hydrogens (tertiary/aromatic N) is 4. The molecule has 0 saturated heterocycles. The third-order valence-electron chi connectivity index (χ3n) is 4.27. The molecular weight excluding hydrogens is 396 g/mol. The lowest BCUT2D eigenvalue weighted by atomic mass is 10.1. The zero-order valence-corrected chi connectivity index (χ0v) is 16.2. The van der Waals surface area contributed by atoms with Crippen molar-refractivity contribution in [3.8, 4) is 5.88 Å². The van der Waals surface area contributed by atoms with Crippen LogP contribution in [0, 0.1) is 0 Å². The quantitative estimate of drug-likeness (QED) is 0.445. The number of methoxy groups -OCH3 is 1. The van der Waals surface area contributed by atoms with Crippen molar-refractivity contribution in [3.63, 3.8) is 0 Å². The zero-order valence-electron chi connectivity index (χ0n) is 15.5. The SMILES string of the molecule is COC(=O)COc1nc(CCNc2ncnc3[nH]cnc23)cc2cccc(Cl)c12. The van der Waals surface area contributed by atoms with Crippen molar-refractivity contribution in [2.45, 2.75) is 6.42 Å². The number of hydrogen-bond acceptors (Lipinski definition) is 8. The number of fused-ring (bicyclic) bond motifs is 2. The summed E-state index contributed by atoms with van der Waals surface area (Å²) < 4.78 is 10.2. The monoisotopic (exact) mass is 412 g/mol.